The van der Waals surface area contributed by atoms with E-state index in [1.165, 1.54) is 0 Å². The first-order chi connectivity index (χ1) is 13.7. The molecule has 0 aliphatic heterocycles. The van der Waals surface area contributed by atoms with Crippen molar-refractivity contribution in [2.75, 3.05) is 13.2 Å². The minimum absolute atomic E-state index is 0.208. The van der Waals surface area contributed by atoms with Gasteiger partial charge in [0, 0.05) is 18.9 Å². The van der Waals surface area contributed by atoms with Gasteiger partial charge in [-0.2, -0.15) is 0 Å². The van der Waals surface area contributed by atoms with Crippen molar-refractivity contribution in [3.05, 3.63) is 59.9 Å². The Morgan fingerprint density at radius 2 is 1.96 bits per heavy atom. The number of nitrogens with zero attached hydrogens (tertiary/aromatic N) is 2. The highest BCUT2D eigenvalue weighted by Crippen LogP contribution is 2.28. The number of imidazole rings is 1. The summed E-state index contributed by atoms with van der Waals surface area (Å²) in [6, 6.07) is 16.3. The van der Waals surface area contributed by atoms with E-state index in [0.29, 0.717) is 13.2 Å². The summed E-state index contributed by atoms with van der Waals surface area (Å²) in [5.41, 5.74) is 3.29. The summed E-state index contributed by atoms with van der Waals surface area (Å²) in [7, 11) is 0. The Balaban J connectivity index is 1.39. The molecule has 0 radical (unpaired) electrons. The Bertz CT molecular complexity index is 959. The first-order valence-corrected chi connectivity index (χ1v) is 10.1. The lowest BCUT2D eigenvalue weighted by atomic mass is 10.2. The molecule has 146 valence electrons. The molecule has 0 unspecified atom stereocenters. The Morgan fingerprint density at radius 1 is 1.18 bits per heavy atom. The van der Waals surface area contributed by atoms with Gasteiger partial charge >= 0.3 is 0 Å². The van der Waals surface area contributed by atoms with Crippen LogP contribution in [0.25, 0.3) is 11.0 Å². The maximum absolute atomic E-state index is 11.8. The van der Waals surface area contributed by atoms with Crippen molar-refractivity contribution in [1.29, 1.82) is 0 Å². The van der Waals surface area contributed by atoms with E-state index < -0.39 is 0 Å². The number of para-hydroxylation sites is 3. The van der Waals surface area contributed by atoms with Crippen LogP contribution in [0.2, 0.25) is 0 Å². The summed E-state index contributed by atoms with van der Waals surface area (Å²) in [5.74, 6) is 2.45. The summed E-state index contributed by atoms with van der Waals surface area (Å²) in [4.78, 5) is 16.6. The highest BCUT2D eigenvalue weighted by molar-refractivity contribution is 5.80. The standard InChI is InChI=1S/C23H27N3O2/c1-17-7-2-5-10-21(17)28-16-15-26-20-9-4-3-8-19(20)25-22(26)11-6-14-24-23(27)18-12-13-18/h2-5,7-10,18H,6,11-16H2,1H3,(H,24,27). The molecular formula is C23H27N3O2. The number of amides is 1. The molecule has 5 heteroatoms. The molecule has 0 bridgehead atoms. The van der Waals surface area contributed by atoms with E-state index in [0.717, 1.165) is 60.4 Å². The molecule has 1 N–H and O–H groups in total. The minimum Gasteiger partial charge on any atom is -0.491 e. The van der Waals surface area contributed by atoms with Gasteiger partial charge in [-0.25, -0.2) is 4.98 Å². The summed E-state index contributed by atoms with van der Waals surface area (Å²) in [6.07, 6.45) is 3.81. The molecule has 5 nitrogen and oxygen atoms in total. The lowest BCUT2D eigenvalue weighted by molar-refractivity contribution is -0.122. The number of carbonyl (C=O) groups excluding carboxylic acids is 1. The van der Waals surface area contributed by atoms with Gasteiger partial charge in [0.05, 0.1) is 17.6 Å². The molecule has 1 saturated carbocycles. The molecule has 0 spiro atoms. The van der Waals surface area contributed by atoms with Crippen LogP contribution >= 0.6 is 0 Å². The third-order valence-electron chi connectivity index (χ3n) is 5.22. The van der Waals surface area contributed by atoms with Gasteiger partial charge in [0.2, 0.25) is 5.91 Å². The lowest BCUT2D eigenvalue weighted by Gasteiger charge is -2.12. The number of hydrogen-bond acceptors (Lipinski definition) is 3. The number of aryl methyl sites for hydroxylation is 2. The van der Waals surface area contributed by atoms with Gasteiger partial charge in [0.1, 0.15) is 18.2 Å². The second-order valence-corrected chi connectivity index (χ2v) is 7.45. The monoisotopic (exact) mass is 377 g/mol. The fourth-order valence-corrected chi connectivity index (χ4v) is 3.48. The van der Waals surface area contributed by atoms with Crippen LogP contribution in [0.1, 0.15) is 30.7 Å². The number of fused-ring (bicyclic) bond motifs is 1. The van der Waals surface area contributed by atoms with E-state index >= 15 is 0 Å². The Hall–Kier alpha value is -2.82. The number of rotatable bonds is 9. The zero-order valence-electron chi connectivity index (χ0n) is 16.4. The van der Waals surface area contributed by atoms with Crippen LogP contribution in [0, 0.1) is 12.8 Å². The highest BCUT2D eigenvalue weighted by Gasteiger charge is 2.29. The number of ether oxygens (including phenoxy) is 1. The molecule has 4 rings (SSSR count). The fourth-order valence-electron chi connectivity index (χ4n) is 3.48. The van der Waals surface area contributed by atoms with Crippen LogP contribution in [0.15, 0.2) is 48.5 Å². The maximum Gasteiger partial charge on any atom is 0.223 e. The molecular weight excluding hydrogens is 350 g/mol. The Kier molecular flexibility index (Phi) is 5.60. The number of benzene rings is 2. The molecule has 1 fully saturated rings. The van der Waals surface area contributed by atoms with Crippen LogP contribution in [-0.2, 0) is 17.8 Å². The fraction of sp³-hybridized carbons (Fsp3) is 0.391. The van der Waals surface area contributed by atoms with E-state index in [1.54, 1.807) is 0 Å². The first-order valence-electron chi connectivity index (χ1n) is 10.1. The molecule has 3 aromatic rings. The molecule has 1 aliphatic carbocycles. The topological polar surface area (TPSA) is 56.1 Å². The van der Waals surface area contributed by atoms with Gasteiger partial charge in [-0.15, -0.1) is 0 Å². The van der Waals surface area contributed by atoms with Crippen molar-refractivity contribution in [3.63, 3.8) is 0 Å². The predicted octanol–water partition coefficient (Wildman–Crippen LogP) is 3.88. The summed E-state index contributed by atoms with van der Waals surface area (Å²) >= 11 is 0. The van der Waals surface area contributed by atoms with Gasteiger partial charge in [-0.3, -0.25) is 4.79 Å². The average molecular weight is 377 g/mol. The smallest absolute Gasteiger partial charge is 0.223 e. The van der Waals surface area contributed by atoms with Crippen molar-refractivity contribution in [3.8, 4) is 5.75 Å². The van der Waals surface area contributed by atoms with Crippen LogP contribution < -0.4 is 10.1 Å². The zero-order valence-corrected chi connectivity index (χ0v) is 16.4. The van der Waals surface area contributed by atoms with Gasteiger partial charge in [0.15, 0.2) is 0 Å². The van der Waals surface area contributed by atoms with E-state index in [2.05, 4.69) is 28.9 Å². The molecule has 2 aromatic carbocycles. The molecule has 0 saturated heterocycles. The molecule has 0 atom stereocenters. The van der Waals surface area contributed by atoms with E-state index in [-0.39, 0.29) is 11.8 Å². The zero-order chi connectivity index (χ0) is 19.3. The van der Waals surface area contributed by atoms with Gasteiger partial charge in [-0.1, -0.05) is 30.3 Å². The summed E-state index contributed by atoms with van der Waals surface area (Å²) in [5, 5.41) is 3.04. The second-order valence-electron chi connectivity index (χ2n) is 7.45. The summed E-state index contributed by atoms with van der Waals surface area (Å²) < 4.78 is 8.25. The van der Waals surface area contributed by atoms with Crippen LogP contribution in [0.3, 0.4) is 0 Å². The normalized spacial score (nSPS) is 13.6. The van der Waals surface area contributed by atoms with Gasteiger partial charge < -0.3 is 14.6 Å². The van der Waals surface area contributed by atoms with Crippen molar-refractivity contribution < 1.29 is 9.53 Å². The van der Waals surface area contributed by atoms with Crippen molar-refractivity contribution >= 4 is 16.9 Å². The quantitative estimate of drug-likeness (QED) is 0.576. The SMILES string of the molecule is Cc1ccccc1OCCn1c(CCCNC(=O)C2CC2)nc2ccccc21. The molecule has 1 aromatic heterocycles. The highest BCUT2D eigenvalue weighted by atomic mass is 16.5. The predicted molar refractivity (Wildman–Crippen MR) is 110 cm³/mol. The third kappa shape index (κ3) is 4.35. The van der Waals surface area contributed by atoms with Crippen LogP contribution in [0.5, 0.6) is 5.75 Å². The second kappa shape index (κ2) is 8.46. The lowest BCUT2D eigenvalue weighted by Crippen LogP contribution is -2.26. The molecule has 1 aliphatic rings. The number of nitrogens with one attached hydrogen (secondary N) is 1. The van der Waals surface area contributed by atoms with Gasteiger partial charge in [0.25, 0.3) is 0 Å². The maximum atomic E-state index is 11.8. The molecule has 1 amide bonds. The molecule has 1 heterocycles. The molecule has 28 heavy (non-hydrogen) atoms. The minimum atomic E-state index is 0.208. The number of carbonyl (C=O) groups is 1. The van der Waals surface area contributed by atoms with Crippen LogP contribution in [0.4, 0.5) is 0 Å². The average Bonchev–Trinajstić information content (AvgIpc) is 3.50. The van der Waals surface area contributed by atoms with E-state index in [4.69, 9.17) is 9.72 Å². The largest absolute Gasteiger partial charge is 0.491 e. The number of aromatic nitrogens is 2. The van der Waals surface area contributed by atoms with Crippen molar-refractivity contribution in [1.82, 2.24) is 14.9 Å². The van der Waals surface area contributed by atoms with Crippen molar-refractivity contribution in [2.45, 2.75) is 39.2 Å². The van der Waals surface area contributed by atoms with Gasteiger partial charge in [-0.05, 0) is 49.9 Å². The van der Waals surface area contributed by atoms with E-state index in [9.17, 15) is 4.79 Å². The third-order valence-corrected chi connectivity index (χ3v) is 5.22. The summed E-state index contributed by atoms with van der Waals surface area (Å²) in [6.45, 7) is 4.11. The first kappa shape index (κ1) is 18.5. The Labute approximate surface area is 165 Å². The van der Waals surface area contributed by atoms with Crippen LogP contribution in [-0.4, -0.2) is 28.6 Å². The van der Waals surface area contributed by atoms with Crippen molar-refractivity contribution in [2.24, 2.45) is 5.92 Å². The Morgan fingerprint density at radius 3 is 2.79 bits per heavy atom. The number of hydrogen-bond donors (Lipinski definition) is 1. The van der Waals surface area contributed by atoms with E-state index in [1.807, 2.05) is 36.4 Å².